The number of fused-ring (bicyclic) bond motifs is 1. The molecule has 4 nitrogen and oxygen atoms in total. The summed E-state index contributed by atoms with van der Waals surface area (Å²) >= 11 is 1.69. The predicted octanol–water partition coefficient (Wildman–Crippen LogP) is 3.40. The first-order chi connectivity index (χ1) is 10.5. The second-order valence-electron chi connectivity index (χ2n) is 5.67. The smallest absolute Gasteiger partial charge is 0.227 e. The van der Waals surface area contributed by atoms with Gasteiger partial charge in [-0.05, 0) is 57.4 Å². The molecular formula is C17H18N2O2S. The number of aromatic nitrogens is 1. The van der Waals surface area contributed by atoms with E-state index in [1.54, 1.807) is 35.6 Å². The third kappa shape index (κ3) is 3.09. The van der Waals surface area contributed by atoms with Crippen LogP contribution in [0.1, 0.15) is 39.3 Å². The molecule has 1 aromatic heterocycles. The third-order valence-electron chi connectivity index (χ3n) is 3.98. The maximum absolute atomic E-state index is 12.4. The van der Waals surface area contributed by atoms with E-state index in [-0.39, 0.29) is 17.6 Å². The minimum Gasteiger partial charge on any atom is -0.326 e. The van der Waals surface area contributed by atoms with Gasteiger partial charge in [-0.2, -0.15) is 0 Å². The van der Waals surface area contributed by atoms with Crippen molar-refractivity contribution in [3.63, 3.8) is 0 Å². The van der Waals surface area contributed by atoms with E-state index in [0.717, 1.165) is 35.7 Å². The van der Waals surface area contributed by atoms with Crippen LogP contribution < -0.4 is 5.32 Å². The molecule has 1 unspecified atom stereocenters. The average molecular weight is 314 g/mol. The first-order valence-corrected chi connectivity index (χ1v) is 8.21. The summed E-state index contributed by atoms with van der Waals surface area (Å²) in [4.78, 5) is 29.4. The summed E-state index contributed by atoms with van der Waals surface area (Å²) in [5.74, 6) is 0.0744. The fourth-order valence-electron chi connectivity index (χ4n) is 2.76. The number of nitrogens with zero attached hydrogens (tertiary/aromatic N) is 1. The van der Waals surface area contributed by atoms with Crippen LogP contribution in [0.3, 0.4) is 0 Å². The second kappa shape index (κ2) is 6.01. The highest BCUT2D eigenvalue weighted by Gasteiger charge is 2.27. The molecule has 0 saturated heterocycles. The van der Waals surface area contributed by atoms with Crippen molar-refractivity contribution < 1.29 is 9.59 Å². The number of amides is 1. The van der Waals surface area contributed by atoms with Gasteiger partial charge in [0.1, 0.15) is 0 Å². The number of benzene rings is 1. The first-order valence-electron chi connectivity index (χ1n) is 7.40. The van der Waals surface area contributed by atoms with Crippen molar-refractivity contribution >= 4 is 28.7 Å². The number of anilines is 1. The standard InChI is InChI=1S/C17H18N2O2S/c1-10(20)12-3-6-14(7-4-12)19-17(21)13-5-8-15-16(9-13)22-11(2)18-15/h3-4,6-7,13H,5,8-9H2,1-2H3,(H,19,21). The van der Waals surface area contributed by atoms with Gasteiger partial charge < -0.3 is 5.32 Å². The van der Waals surface area contributed by atoms with Crippen molar-refractivity contribution in [2.75, 3.05) is 5.32 Å². The fraction of sp³-hybridized carbons (Fsp3) is 0.353. The van der Waals surface area contributed by atoms with Gasteiger partial charge in [0.05, 0.1) is 10.7 Å². The number of hydrogen-bond acceptors (Lipinski definition) is 4. The summed E-state index contributed by atoms with van der Waals surface area (Å²) < 4.78 is 0. The summed E-state index contributed by atoms with van der Waals surface area (Å²) in [6, 6.07) is 7.03. The van der Waals surface area contributed by atoms with Gasteiger partial charge in [0.15, 0.2) is 5.78 Å². The number of hydrogen-bond donors (Lipinski definition) is 1. The number of carbonyl (C=O) groups is 2. The van der Waals surface area contributed by atoms with E-state index in [9.17, 15) is 9.59 Å². The van der Waals surface area contributed by atoms with Gasteiger partial charge in [0.25, 0.3) is 0 Å². The molecule has 1 atom stereocenters. The summed E-state index contributed by atoms with van der Waals surface area (Å²) in [5.41, 5.74) is 2.55. The molecule has 0 fully saturated rings. The summed E-state index contributed by atoms with van der Waals surface area (Å²) in [6.07, 6.45) is 2.49. The van der Waals surface area contributed by atoms with Crippen molar-refractivity contribution in [3.8, 4) is 0 Å². The molecule has 5 heteroatoms. The largest absolute Gasteiger partial charge is 0.326 e. The predicted molar refractivity (Wildman–Crippen MR) is 87.4 cm³/mol. The van der Waals surface area contributed by atoms with Crippen LogP contribution in [0.2, 0.25) is 0 Å². The zero-order valence-electron chi connectivity index (χ0n) is 12.7. The molecule has 0 aliphatic heterocycles. The number of nitrogens with one attached hydrogen (secondary N) is 1. The van der Waals surface area contributed by atoms with Gasteiger partial charge in [-0.25, -0.2) is 4.98 Å². The van der Waals surface area contributed by atoms with Crippen LogP contribution in [0.5, 0.6) is 0 Å². The van der Waals surface area contributed by atoms with Gasteiger partial charge in [-0.1, -0.05) is 0 Å². The van der Waals surface area contributed by atoms with Crippen LogP contribution in [0.4, 0.5) is 5.69 Å². The normalized spacial score (nSPS) is 16.9. The number of carbonyl (C=O) groups excluding carboxylic acids is 2. The minimum atomic E-state index is -0.000154. The Bertz CT molecular complexity index is 719. The Labute approximate surface area is 133 Å². The van der Waals surface area contributed by atoms with Crippen molar-refractivity contribution in [2.45, 2.75) is 33.1 Å². The number of aryl methyl sites for hydroxylation is 2. The molecule has 22 heavy (non-hydrogen) atoms. The molecule has 0 saturated carbocycles. The van der Waals surface area contributed by atoms with Crippen LogP contribution in [0.15, 0.2) is 24.3 Å². The van der Waals surface area contributed by atoms with Crippen molar-refractivity contribution in [2.24, 2.45) is 5.92 Å². The Kier molecular flexibility index (Phi) is 4.07. The number of ketones is 1. The Morgan fingerprint density at radius 3 is 2.68 bits per heavy atom. The van der Waals surface area contributed by atoms with E-state index in [2.05, 4.69) is 10.3 Å². The minimum absolute atomic E-state index is 0.000154. The molecule has 2 aromatic rings. The summed E-state index contributed by atoms with van der Waals surface area (Å²) in [6.45, 7) is 3.54. The molecule has 114 valence electrons. The van der Waals surface area contributed by atoms with Gasteiger partial charge in [0, 0.05) is 22.0 Å². The van der Waals surface area contributed by atoms with Gasteiger partial charge >= 0.3 is 0 Å². The lowest BCUT2D eigenvalue weighted by Crippen LogP contribution is -2.27. The lowest BCUT2D eigenvalue weighted by molar-refractivity contribution is -0.120. The fourth-order valence-corrected chi connectivity index (χ4v) is 3.82. The molecule has 0 radical (unpaired) electrons. The molecule has 1 heterocycles. The lowest BCUT2D eigenvalue weighted by Gasteiger charge is -2.20. The van der Waals surface area contributed by atoms with Gasteiger partial charge in [-0.3, -0.25) is 9.59 Å². The average Bonchev–Trinajstić information content (AvgIpc) is 2.86. The number of rotatable bonds is 3. The van der Waals surface area contributed by atoms with Gasteiger partial charge in [-0.15, -0.1) is 11.3 Å². The van der Waals surface area contributed by atoms with E-state index < -0.39 is 0 Å². The SMILES string of the molecule is CC(=O)c1ccc(NC(=O)C2CCc3nc(C)sc3C2)cc1. The van der Waals surface area contributed by atoms with Crippen molar-refractivity contribution in [3.05, 3.63) is 45.4 Å². The molecule has 1 aliphatic rings. The highest BCUT2D eigenvalue weighted by atomic mass is 32.1. The molecule has 0 bridgehead atoms. The molecule has 1 amide bonds. The maximum Gasteiger partial charge on any atom is 0.227 e. The quantitative estimate of drug-likeness (QED) is 0.883. The van der Waals surface area contributed by atoms with Crippen molar-refractivity contribution in [1.29, 1.82) is 0 Å². The maximum atomic E-state index is 12.4. The first kappa shape index (κ1) is 14.9. The van der Waals surface area contributed by atoms with E-state index in [1.807, 2.05) is 6.92 Å². The Hall–Kier alpha value is -2.01. The third-order valence-corrected chi connectivity index (χ3v) is 5.01. The molecule has 3 rings (SSSR count). The highest BCUT2D eigenvalue weighted by Crippen LogP contribution is 2.30. The van der Waals surface area contributed by atoms with Crippen LogP contribution >= 0.6 is 11.3 Å². The lowest BCUT2D eigenvalue weighted by atomic mass is 9.90. The summed E-state index contributed by atoms with van der Waals surface area (Å²) in [7, 11) is 0. The van der Waals surface area contributed by atoms with E-state index in [4.69, 9.17) is 0 Å². The zero-order chi connectivity index (χ0) is 15.7. The van der Waals surface area contributed by atoms with Crippen LogP contribution in [-0.4, -0.2) is 16.7 Å². The molecule has 0 spiro atoms. The van der Waals surface area contributed by atoms with Gasteiger partial charge in [0.2, 0.25) is 5.91 Å². The van der Waals surface area contributed by atoms with Crippen molar-refractivity contribution in [1.82, 2.24) is 4.98 Å². The molecule has 1 N–H and O–H groups in total. The van der Waals surface area contributed by atoms with Crippen LogP contribution in [0.25, 0.3) is 0 Å². The Morgan fingerprint density at radius 2 is 2.00 bits per heavy atom. The monoisotopic (exact) mass is 314 g/mol. The van der Waals surface area contributed by atoms with E-state index in [0.29, 0.717) is 5.56 Å². The Balaban J connectivity index is 1.66. The Morgan fingerprint density at radius 1 is 1.27 bits per heavy atom. The topological polar surface area (TPSA) is 59.1 Å². The van der Waals surface area contributed by atoms with E-state index in [1.165, 1.54) is 11.8 Å². The summed E-state index contributed by atoms with van der Waals surface area (Å²) in [5, 5.41) is 4.02. The number of Topliss-reactive ketones (excluding diaryl/α,β-unsaturated/α-hetero) is 1. The molecule has 1 aromatic carbocycles. The van der Waals surface area contributed by atoms with Crippen LogP contribution in [0, 0.1) is 12.8 Å². The van der Waals surface area contributed by atoms with Crippen LogP contribution in [-0.2, 0) is 17.6 Å². The molecular weight excluding hydrogens is 296 g/mol. The second-order valence-corrected chi connectivity index (χ2v) is 6.95. The molecule has 1 aliphatic carbocycles. The van der Waals surface area contributed by atoms with E-state index >= 15 is 0 Å². The number of thiazole rings is 1. The zero-order valence-corrected chi connectivity index (χ0v) is 13.5. The highest BCUT2D eigenvalue weighted by molar-refractivity contribution is 7.11.